The molecular weight excluding hydrogens is 495 g/mol. The summed E-state index contributed by atoms with van der Waals surface area (Å²) in [6.07, 6.45) is 6.93. The van der Waals surface area contributed by atoms with Crippen LogP contribution in [0.2, 0.25) is 0 Å². The average molecular weight is 529 g/mol. The van der Waals surface area contributed by atoms with E-state index in [9.17, 15) is 0 Å². The van der Waals surface area contributed by atoms with E-state index in [1.165, 1.54) is 12.8 Å². The van der Waals surface area contributed by atoms with Crippen molar-refractivity contribution in [3.05, 3.63) is 42.2 Å². The molecule has 2 unspecified atom stereocenters. The van der Waals surface area contributed by atoms with E-state index in [0.29, 0.717) is 29.8 Å². The van der Waals surface area contributed by atoms with Crippen molar-refractivity contribution in [3.8, 4) is 11.7 Å². The molecule has 202 valence electrons. The van der Waals surface area contributed by atoms with Gasteiger partial charge in [-0.3, -0.25) is 9.47 Å². The minimum atomic E-state index is -0.449. The number of nitrogen functional groups attached to an aromatic ring is 1. The lowest BCUT2D eigenvalue weighted by Crippen LogP contribution is -2.51. The van der Waals surface area contributed by atoms with Crippen LogP contribution in [0.15, 0.2) is 36.4 Å². The molecule has 0 radical (unpaired) electrons. The van der Waals surface area contributed by atoms with Crippen LogP contribution in [0.1, 0.15) is 38.5 Å². The van der Waals surface area contributed by atoms with Crippen LogP contribution in [0.3, 0.4) is 0 Å². The summed E-state index contributed by atoms with van der Waals surface area (Å²) in [6, 6.07) is 12.3. The number of anilines is 2. The third-order valence-corrected chi connectivity index (χ3v) is 9.37. The van der Waals surface area contributed by atoms with Crippen LogP contribution >= 0.6 is 0 Å². The van der Waals surface area contributed by atoms with Crippen molar-refractivity contribution < 1.29 is 9.13 Å². The molecule has 0 saturated carbocycles. The zero-order chi connectivity index (χ0) is 26.1. The Kier molecular flexibility index (Phi) is 5.25. The summed E-state index contributed by atoms with van der Waals surface area (Å²) in [6.45, 7) is 4.44. The largest absolute Gasteiger partial charge is 0.461 e. The lowest BCUT2D eigenvalue weighted by molar-refractivity contribution is 0.108. The number of para-hydroxylation sites is 2. The van der Waals surface area contributed by atoms with Crippen molar-refractivity contribution in [2.75, 3.05) is 43.4 Å². The first kappa shape index (κ1) is 23.4. The molecule has 10 heteroatoms. The minimum Gasteiger partial charge on any atom is -0.461 e. The minimum absolute atomic E-state index is 0.0528. The van der Waals surface area contributed by atoms with Crippen molar-refractivity contribution in [1.82, 2.24) is 29.7 Å². The van der Waals surface area contributed by atoms with E-state index in [0.717, 1.165) is 68.7 Å². The Morgan fingerprint density at radius 3 is 2.56 bits per heavy atom. The van der Waals surface area contributed by atoms with Gasteiger partial charge in [-0.15, -0.1) is 0 Å². The number of fused-ring (bicyclic) bond motifs is 5. The third kappa shape index (κ3) is 3.68. The molecule has 4 aliphatic rings. The molecule has 8 rings (SSSR count). The van der Waals surface area contributed by atoms with Crippen LogP contribution in [-0.4, -0.2) is 74.8 Å². The first-order valence-electron chi connectivity index (χ1n) is 14.2. The van der Waals surface area contributed by atoms with Crippen molar-refractivity contribution in [3.63, 3.8) is 0 Å². The zero-order valence-electron chi connectivity index (χ0n) is 21.9. The monoisotopic (exact) mass is 528 g/mol. The van der Waals surface area contributed by atoms with Gasteiger partial charge in [0.15, 0.2) is 5.82 Å². The predicted octanol–water partition coefficient (Wildman–Crippen LogP) is 3.64. The molecule has 4 saturated heterocycles. The second-order valence-electron chi connectivity index (χ2n) is 11.7. The smallest absolute Gasteiger partial charge is 0.319 e. The molecule has 2 aromatic carbocycles. The lowest BCUT2D eigenvalue weighted by atomic mass is 9.95. The summed E-state index contributed by atoms with van der Waals surface area (Å²) in [4.78, 5) is 18.9. The van der Waals surface area contributed by atoms with Gasteiger partial charge < -0.3 is 20.7 Å². The molecule has 6 heterocycles. The number of rotatable bonds is 5. The number of benzene rings is 2. The molecule has 4 aromatic rings. The maximum absolute atomic E-state index is 16.5. The van der Waals surface area contributed by atoms with Gasteiger partial charge >= 0.3 is 6.01 Å². The molecule has 39 heavy (non-hydrogen) atoms. The maximum atomic E-state index is 16.5. The molecule has 3 N–H and O–H groups in total. The summed E-state index contributed by atoms with van der Waals surface area (Å²) in [5, 5.41) is 4.37. The Bertz CT molecular complexity index is 1560. The first-order valence-corrected chi connectivity index (χ1v) is 14.2. The third-order valence-electron chi connectivity index (χ3n) is 9.37. The van der Waals surface area contributed by atoms with Gasteiger partial charge in [-0.2, -0.15) is 9.97 Å². The Morgan fingerprint density at radius 1 is 1.00 bits per heavy atom. The summed E-state index contributed by atoms with van der Waals surface area (Å²) in [5.41, 5.74) is 8.38. The predicted molar refractivity (Wildman–Crippen MR) is 149 cm³/mol. The zero-order valence-corrected chi connectivity index (χ0v) is 21.9. The number of ether oxygens (including phenoxy) is 1. The number of nitrogens with one attached hydrogen (secondary N) is 1. The van der Waals surface area contributed by atoms with Gasteiger partial charge in [0.2, 0.25) is 5.95 Å². The Balaban J connectivity index is 1.25. The average Bonchev–Trinajstić information content (AvgIpc) is 3.69. The highest BCUT2D eigenvalue weighted by Gasteiger charge is 2.45. The highest BCUT2D eigenvalue weighted by atomic mass is 19.1. The number of piperazine rings is 1. The molecule has 4 aliphatic heterocycles. The lowest BCUT2D eigenvalue weighted by Gasteiger charge is -2.34. The normalized spacial score (nSPS) is 24.2. The number of hydrogen-bond acceptors (Lipinski definition) is 8. The van der Waals surface area contributed by atoms with Crippen molar-refractivity contribution in [2.45, 2.75) is 56.1 Å². The van der Waals surface area contributed by atoms with E-state index in [4.69, 9.17) is 20.4 Å². The van der Waals surface area contributed by atoms with Crippen LogP contribution in [0.5, 0.6) is 6.01 Å². The fourth-order valence-electron chi connectivity index (χ4n) is 7.52. The molecule has 0 amide bonds. The quantitative estimate of drug-likeness (QED) is 0.405. The number of imidazole rings is 1. The van der Waals surface area contributed by atoms with E-state index < -0.39 is 5.82 Å². The maximum Gasteiger partial charge on any atom is 0.319 e. The van der Waals surface area contributed by atoms with Crippen LogP contribution < -0.4 is 20.7 Å². The van der Waals surface area contributed by atoms with E-state index in [-0.39, 0.29) is 23.0 Å². The number of nitrogens with zero attached hydrogens (tertiary/aromatic N) is 6. The highest BCUT2D eigenvalue weighted by Crippen LogP contribution is 2.40. The molecule has 0 aliphatic carbocycles. The van der Waals surface area contributed by atoms with Crippen molar-refractivity contribution in [2.24, 2.45) is 0 Å². The molecule has 2 aromatic heterocycles. The van der Waals surface area contributed by atoms with Crippen LogP contribution in [0.25, 0.3) is 27.6 Å². The molecule has 2 bridgehead atoms. The first-order chi connectivity index (χ1) is 19.1. The molecule has 0 spiro atoms. The highest BCUT2D eigenvalue weighted by molar-refractivity contribution is 5.93. The van der Waals surface area contributed by atoms with E-state index >= 15 is 4.39 Å². The second-order valence-corrected chi connectivity index (χ2v) is 11.7. The fourth-order valence-corrected chi connectivity index (χ4v) is 7.52. The number of hydrogen-bond donors (Lipinski definition) is 2. The van der Waals surface area contributed by atoms with Crippen molar-refractivity contribution >= 4 is 33.7 Å². The van der Waals surface area contributed by atoms with Gasteiger partial charge in [0, 0.05) is 30.6 Å². The molecule has 4 fully saturated rings. The van der Waals surface area contributed by atoms with Crippen molar-refractivity contribution in [1.29, 1.82) is 0 Å². The van der Waals surface area contributed by atoms with Crippen LogP contribution in [0, 0.1) is 5.82 Å². The number of halogens is 1. The topological polar surface area (TPSA) is 97.4 Å². The SMILES string of the molecule is Nc1nc2ccccc2n1-c1ccc2c(N3CC4CCC(C3)N4)nc(OCC34CCCN3CCC4)nc2c1F. The fraction of sp³-hybridized carbons (Fsp3) is 0.483. The summed E-state index contributed by atoms with van der Waals surface area (Å²) >= 11 is 0. The summed E-state index contributed by atoms with van der Waals surface area (Å²) in [7, 11) is 0. The molecule has 9 nitrogen and oxygen atoms in total. The van der Waals surface area contributed by atoms with E-state index in [2.05, 4.69) is 20.1 Å². The summed E-state index contributed by atoms with van der Waals surface area (Å²) in [5.74, 6) is 0.533. The molecule has 2 atom stereocenters. The van der Waals surface area contributed by atoms with Crippen LogP contribution in [-0.2, 0) is 0 Å². The van der Waals surface area contributed by atoms with Crippen LogP contribution in [0.4, 0.5) is 16.2 Å². The number of aromatic nitrogens is 4. The molecular formula is C29H33FN8O. The Morgan fingerprint density at radius 2 is 1.77 bits per heavy atom. The van der Waals surface area contributed by atoms with Gasteiger partial charge in [-0.1, -0.05) is 12.1 Å². The summed E-state index contributed by atoms with van der Waals surface area (Å²) < 4.78 is 24.5. The van der Waals surface area contributed by atoms with E-state index in [1.807, 2.05) is 30.3 Å². The second kappa shape index (κ2) is 8.76. The van der Waals surface area contributed by atoms with Gasteiger partial charge in [0.05, 0.1) is 22.3 Å². The Labute approximate surface area is 226 Å². The Hall–Kier alpha value is -3.50. The van der Waals surface area contributed by atoms with Gasteiger partial charge in [0.1, 0.15) is 17.9 Å². The number of nitrogens with two attached hydrogens (primary N) is 1. The van der Waals surface area contributed by atoms with Gasteiger partial charge in [-0.05, 0) is 75.9 Å². The van der Waals surface area contributed by atoms with E-state index in [1.54, 1.807) is 10.6 Å². The van der Waals surface area contributed by atoms with Gasteiger partial charge in [0.25, 0.3) is 0 Å². The standard InChI is InChI=1S/C29H33FN8O/c30-24-23(38-22-6-2-1-5-21(22)33-27(38)31)10-9-20-25(24)34-28(39-17-29-11-3-13-37(29)14-4-12-29)35-26(20)36-15-18-7-8-19(16-36)32-18/h1-2,5-6,9-10,18-19,32H,3-4,7-8,11-17H2,(H2,31,33). The van der Waals surface area contributed by atoms with Gasteiger partial charge in [-0.25, -0.2) is 9.37 Å².